The average molecular weight is 226 g/mol. The Hall–Kier alpha value is -0.0800. The standard InChI is InChI=1S/C11H19N.C2H6.CH5N/c1-3-7-6-8-4-5-11(8)9(12)10(7,11)2;2*1-2/h7-9H,3-6,12H2,1-2H3;1-2H3;2H2,1H3. The van der Waals surface area contributed by atoms with Gasteiger partial charge in [-0.15, -0.1) is 0 Å². The second-order valence-corrected chi connectivity index (χ2v) is 5.38. The van der Waals surface area contributed by atoms with Crippen molar-refractivity contribution < 1.29 is 0 Å². The smallest absolute Gasteiger partial charge is 0.0167 e. The molecule has 0 aromatic rings. The minimum Gasteiger partial charge on any atom is -0.333 e. The maximum Gasteiger partial charge on any atom is 0.0167 e. The summed E-state index contributed by atoms with van der Waals surface area (Å²) < 4.78 is 0. The van der Waals surface area contributed by atoms with Crippen molar-refractivity contribution >= 4 is 0 Å². The summed E-state index contributed by atoms with van der Waals surface area (Å²) in [5.41, 5.74) is 12.0. The third-order valence-corrected chi connectivity index (χ3v) is 5.67. The van der Waals surface area contributed by atoms with E-state index in [0.29, 0.717) is 16.9 Å². The highest BCUT2D eigenvalue weighted by atomic mass is 15.0. The molecular formula is C14H30N2. The minimum absolute atomic E-state index is 0.558. The van der Waals surface area contributed by atoms with Gasteiger partial charge in [-0.05, 0) is 49.0 Å². The zero-order valence-electron chi connectivity index (χ0n) is 11.7. The van der Waals surface area contributed by atoms with Gasteiger partial charge in [-0.2, -0.15) is 0 Å². The Kier molecular flexibility index (Phi) is 4.07. The molecule has 5 unspecified atom stereocenters. The lowest BCUT2D eigenvalue weighted by atomic mass is 9.70. The lowest BCUT2D eigenvalue weighted by Crippen LogP contribution is -2.32. The summed E-state index contributed by atoms with van der Waals surface area (Å²) in [5.74, 6) is 1.96. The fraction of sp³-hybridized carbons (Fsp3) is 1.00. The highest BCUT2D eigenvalue weighted by Gasteiger charge is 2.83. The van der Waals surface area contributed by atoms with Gasteiger partial charge in [0, 0.05) is 6.04 Å². The molecule has 3 fully saturated rings. The molecule has 2 nitrogen and oxygen atoms in total. The Bertz CT molecular complexity index is 237. The summed E-state index contributed by atoms with van der Waals surface area (Å²) in [6.45, 7) is 8.78. The van der Waals surface area contributed by atoms with E-state index in [1.165, 1.54) is 32.7 Å². The van der Waals surface area contributed by atoms with Crippen LogP contribution in [0.5, 0.6) is 0 Å². The quantitative estimate of drug-likeness (QED) is 0.722. The van der Waals surface area contributed by atoms with Crippen LogP contribution in [0.15, 0.2) is 0 Å². The van der Waals surface area contributed by atoms with Crippen LogP contribution in [0.1, 0.15) is 53.4 Å². The molecule has 96 valence electrons. The molecular weight excluding hydrogens is 196 g/mol. The van der Waals surface area contributed by atoms with Crippen molar-refractivity contribution in [1.29, 1.82) is 0 Å². The van der Waals surface area contributed by atoms with E-state index in [1.807, 2.05) is 13.8 Å². The summed E-state index contributed by atoms with van der Waals surface area (Å²) in [4.78, 5) is 0. The van der Waals surface area contributed by atoms with Crippen LogP contribution in [0.4, 0.5) is 0 Å². The number of rotatable bonds is 1. The Morgan fingerprint density at radius 1 is 1.25 bits per heavy atom. The van der Waals surface area contributed by atoms with Crippen LogP contribution in [0.25, 0.3) is 0 Å². The molecule has 0 aromatic carbocycles. The third kappa shape index (κ3) is 1.26. The molecule has 3 aliphatic carbocycles. The Labute approximate surface area is 101 Å². The summed E-state index contributed by atoms with van der Waals surface area (Å²) in [5, 5.41) is 0. The normalized spacial score (nSPS) is 50.8. The molecule has 0 aliphatic heterocycles. The molecule has 1 spiro atoms. The van der Waals surface area contributed by atoms with E-state index in [9.17, 15) is 0 Å². The van der Waals surface area contributed by atoms with Crippen LogP contribution >= 0.6 is 0 Å². The molecule has 16 heavy (non-hydrogen) atoms. The van der Waals surface area contributed by atoms with Gasteiger partial charge in [0.25, 0.3) is 0 Å². The van der Waals surface area contributed by atoms with Crippen LogP contribution in [-0.2, 0) is 0 Å². The molecule has 0 bridgehead atoms. The summed E-state index contributed by atoms with van der Waals surface area (Å²) in [6, 6.07) is 0.558. The maximum atomic E-state index is 6.25. The highest BCUT2D eigenvalue weighted by molar-refractivity contribution is 5.34. The van der Waals surface area contributed by atoms with Crippen LogP contribution in [0, 0.1) is 22.7 Å². The first-order valence-electron chi connectivity index (χ1n) is 7.01. The van der Waals surface area contributed by atoms with Crippen molar-refractivity contribution in [2.75, 3.05) is 7.05 Å². The van der Waals surface area contributed by atoms with E-state index < -0.39 is 0 Å². The van der Waals surface area contributed by atoms with Crippen molar-refractivity contribution in [2.24, 2.45) is 34.1 Å². The first-order valence-corrected chi connectivity index (χ1v) is 7.01. The van der Waals surface area contributed by atoms with E-state index in [1.54, 1.807) is 0 Å². The van der Waals surface area contributed by atoms with Gasteiger partial charge in [-0.1, -0.05) is 34.1 Å². The molecule has 3 aliphatic rings. The first-order chi connectivity index (χ1) is 7.68. The Morgan fingerprint density at radius 3 is 2.06 bits per heavy atom. The molecule has 2 heteroatoms. The Morgan fingerprint density at radius 2 is 1.81 bits per heavy atom. The van der Waals surface area contributed by atoms with Gasteiger partial charge in [0.1, 0.15) is 0 Å². The van der Waals surface area contributed by atoms with E-state index in [-0.39, 0.29) is 0 Å². The molecule has 3 rings (SSSR count). The monoisotopic (exact) mass is 226 g/mol. The van der Waals surface area contributed by atoms with Crippen molar-refractivity contribution in [1.82, 2.24) is 0 Å². The summed E-state index contributed by atoms with van der Waals surface area (Å²) >= 11 is 0. The van der Waals surface area contributed by atoms with Crippen LogP contribution in [-0.4, -0.2) is 13.1 Å². The fourth-order valence-corrected chi connectivity index (χ4v) is 4.70. The largest absolute Gasteiger partial charge is 0.333 e. The van der Waals surface area contributed by atoms with E-state index in [2.05, 4.69) is 19.6 Å². The second kappa shape index (κ2) is 4.66. The molecule has 0 amide bonds. The molecule has 3 saturated carbocycles. The number of hydrogen-bond acceptors (Lipinski definition) is 2. The lowest BCUT2D eigenvalue weighted by molar-refractivity contribution is 0.145. The van der Waals surface area contributed by atoms with Crippen LogP contribution in [0.2, 0.25) is 0 Å². The van der Waals surface area contributed by atoms with E-state index >= 15 is 0 Å². The highest BCUT2D eigenvalue weighted by Crippen LogP contribution is 2.84. The zero-order valence-corrected chi connectivity index (χ0v) is 11.7. The van der Waals surface area contributed by atoms with Crippen molar-refractivity contribution in [3.8, 4) is 0 Å². The predicted octanol–water partition coefficient (Wildman–Crippen LogP) is 2.76. The number of hydrogen-bond donors (Lipinski definition) is 2. The third-order valence-electron chi connectivity index (χ3n) is 5.67. The second-order valence-electron chi connectivity index (χ2n) is 5.38. The lowest BCUT2D eigenvalue weighted by Gasteiger charge is -2.35. The van der Waals surface area contributed by atoms with Crippen LogP contribution in [0.3, 0.4) is 0 Å². The van der Waals surface area contributed by atoms with Crippen LogP contribution < -0.4 is 11.5 Å². The van der Waals surface area contributed by atoms with Gasteiger partial charge < -0.3 is 11.5 Å². The van der Waals surface area contributed by atoms with Crippen molar-refractivity contribution in [3.05, 3.63) is 0 Å². The summed E-state index contributed by atoms with van der Waals surface area (Å²) in [7, 11) is 1.50. The van der Waals surface area contributed by atoms with Gasteiger partial charge in [0.05, 0.1) is 0 Å². The molecule has 4 N–H and O–H groups in total. The molecule has 0 aromatic heterocycles. The molecule has 0 heterocycles. The van der Waals surface area contributed by atoms with Gasteiger partial charge >= 0.3 is 0 Å². The van der Waals surface area contributed by atoms with E-state index in [0.717, 1.165) is 11.8 Å². The number of nitrogens with two attached hydrogens (primary N) is 2. The zero-order chi connectivity index (χ0) is 12.6. The maximum absolute atomic E-state index is 6.25. The molecule has 0 saturated heterocycles. The van der Waals surface area contributed by atoms with Crippen molar-refractivity contribution in [2.45, 2.75) is 59.4 Å². The predicted molar refractivity (Wildman–Crippen MR) is 71.1 cm³/mol. The topological polar surface area (TPSA) is 52.0 Å². The van der Waals surface area contributed by atoms with Gasteiger partial charge in [0.2, 0.25) is 0 Å². The van der Waals surface area contributed by atoms with E-state index in [4.69, 9.17) is 5.73 Å². The van der Waals surface area contributed by atoms with Gasteiger partial charge in [-0.25, -0.2) is 0 Å². The Balaban J connectivity index is 0.000000291. The van der Waals surface area contributed by atoms with Gasteiger partial charge in [0.15, 0.2) is 0 Å². The van der Waals surface area contributed by atoms with Crippen molar-refractivity contribution in [3.63, 3.8) is 0 Å². The van der Waals surface area contributed by atoms with Gasteiger partial charge in [-0.3, -0.25) is 0 Å². The summed E-state index contributed by atoms with van der Waals surface area (Å²) in [6.07, 6.45) is 5.74. The molecule has 0 radical (unpaired) electrons. The SMILES string of the molecule is CC.CCC1CC2CCC23C(N)C13C.CN. The fourth-order valence-electron chi connectivity index (χ4n) is 4.70. The first kappa shape index (κ1) is 14.0. The molecule has 5 atom stereocenters. The minimum atomic E-state index is 0.558. The average Bonchev–Trinajstić information content (AvgIpc) is 2.77.